The second-order valence-electron chi connectivity index (χ2n) is 2.95. The van der Waals surface area contributed by atoms with E-state index in [2.05, 4.69) is 0 Å². The minimum Gasteiger partial charge on any atom is -0.478 e. The van der Waals surface area contributed by atoms with Crippen molar-refractivity contribution in [3.8, 4) is 0 Å². The number of halogens is 4. The summed E-state index contributed by atoms with van der Waals surface area (Å²) in [5.74, 6) is -1.38. The van der Waals surface area contributed by atoms with Gasteiger partial charge in [0.2, 0.25) is 0 Å². The Morgan fingerprint density at radius 2 is 1.94 bits per heavy atom. The van der Waals surface area contributed by atoms with Gasteiger partial charge < -0.3 is 5.11 Å². The van der Waals surface area contributed by atoms with Gasteiger partial charge in [0.25, 0.3) is 9.05 Å². The number of alkyl halides is 2. The van der Waals surface area contributed by atoms with Crippen LogP contribution < -0.4 is 0 Å². The van der Waals surface area contributed by atoms with E-state index in [1.54, 1.807) is 0 Å². The summed E-state index contributed by atoms with van der Waals surface area (Å²) >= 11 is 17.0. The molecule has 16 heavy (non-hydrogen) atoms. The Balaban J connectivity index is 3.44. The second-order valence-corrected chi connectivity index (χ2v) is 7.43. The van der Waals surface area contributed by atoms with Gasteiger partial charge in [-0.3, -0.25) is 0 Å². The highest BCUT2D eigenvalue weighted by atomic mass is 35.7. The lowest BCUT2D eigenvalue weighted by Gasteiger charge is -2.25. The Kier molecular flexibility index (Phi) is 3.87. The van der Waals surface area contributed by atoms with Crippen molar-refractivity contribution in [3.63, 3.8) is 0 Å². The van der Waals surface area contributed by atoms with E-state index in [4.69, 9.17) is 50.6 Å². The lowest BCUT2D eigenvalue weighted by Crippen LogP contribution is -2.25. The maximum Gasteiger partial charge on any atom is 0.336 e. The summed E-state index contributed by atoms with van der Waals surface area (Å²) in [6.45, 7) is 0. The largest absolute Gasteiger partial charge is 0.478 e. The molecule has 1 N–H and O–H groups in total. The van der Waals surface area contributed by atoms with Gasteiger partial charge in [0, 0.05) is 22.1 Å². The number of rotatable bonds is 2. The molecule has 0 heterocycles. The predicted molar refractivity (Wildman–Crippen MR) is 62.4 cm³/mol. The van der Waals surface area contributed by atoms with Crippen LogP contribution >= 0.6 is 45.5 Å². The second kappa shape index (κ2) is 4.38. The fraction of sp³-hybridized carbons (Fsp3) is 0.286. The van der Waals surface area contributed by atoms with Crippen molar-refractivity contribution in [2.75, 3.05) is 0 Å². The Morgan fingerprint density at radius 1 is 1.44 bits per heavy atom. The number of carbonyl (C=O) groups is 1. The maximum absolute atomic E-state index is 11.1. The zero-order chi connectivity index (χ0) is 12.7. The van der Waals surface area contributed by atoms with Crippen LogP contribution in [0, 0.1) is 0 Å². The first kappa shape index (κ1) is 14.1. The van der Waals surface area contributed by atoms with Gasteiger partial charge in [-0.05, 0) is 6.08 Å². The van der Waals surface area contributed by atoms with E-state index in [0.717, 1.165) is 6.08 Å². The fourth-order valence-electron chi connectivity index (χ4n) is 1.12. The van der Waals surface area contributed by atoms with Crippen molar-refractivity contribution < 1.29 is 18.3 Å². The highest BCUT2D eigenvalue weighted by molar-refractivity contribution is 8.17. The molecule has 0 spiro atoms. The Bertz CT molecular complexity index is 502. The van der Waals surface area contributed by atoms with Crippen molar-refractivity contribution in [2.24, 2.45) is 0 Å². The maximum atomic E-state index is 11.1. The molecule has 0 bridgehead atoms. The molecule has 1 aliphatic carbocycles. The summed E-state index contributed by atoms with van der Waals surface area (Å²) < 4.78 is 20.4. The van der Waals surface area contributed by atoms with Gasteiger partial charge in [0.15, 0.2) is 4.33 Å². The molecule has 0 aromatic heterocycles. The summed E-state index contributed by atoms with van der Waals surface area (Å²) in [6.07, 6.45) is 0.424. The van der Waals surface area contributed by atoms with Crippen molar-refractivity contribution >= 4 is 60.5 Å². The monoisotopic (exact) mass is 324 g/mol. The van der Waals surface area contributed by atoms with Crippen LogP contribution in [0.15, 0.2) is 21.6 Å². The van der Waals surface area contributed by atoms with Crippen molar-refractivity contribution in [1.29, 1.82) is 0 Å². The number of hydrogen-bond donors (Lipinski definition) is 1. The number of aliphatic carboxylic acids is 1. The average molecular weight is 326 g/mol. The molecule has 9 heteroatoms. The molecule has 4 nitrogen and oxygen atoms in total. The van der Waals surface area contributed by atoms with E-state index in [0.29, 0.717) is 0 Å². The summed E-state index contributed by atoms with van der Waals surface area (Å²) in [6, 6.07) is 0. The number of hydrogen-bond acceptors (Lipinski definition) is 3. The molecule has 0 amide bonds. The first-order chi connectivity index (χ1) is 7.05. The van der Waals surface area contributed by atoms with Crippen LogP contribution in [0.1, 0.15) is 6.42 Å². The van der Waals surface area contributed by atoms with Gasteiger partial charge in [-0.25, -0.2) is 13.2 Å². The minimum absolute atomic E-state index is 0.137. The average Bonchev–Trinajstić information content (AvgIpc) is 1.97. The van der Waals surface area contributed by atoms with Crippen molar-refractivity contribution in [3.05, 3.63) is 21.6 Å². The standard InChI is InChI=1S/C7H4Cl4O4S/c8-4-2-7(9,10)5(16(11,14)15)1-3(4)6(12)13/h1H,2H2,(H,12,13). The lowest BCUT2D eigenvalue weighted by molar-refractivity contribution is -0.132. The third-order valence-corrected chi connectivity index (χ3v) is 4.52. The topological polar surface area (TPSA) is 71.4 Å². The SMILES string of the molecule is O=C(O)C1=C(Cl)CC(Cl)(Cl)C(S(=O)(=O)Cl)=C1. The van der Waals surface area contributed by atoms with Gasteiger partial charge in [0.1, 0.15) is 0 Å². The molecule has 1 rings (SSSR count). The van der Waals surface area contributed by atoms with Gasteiger partial charge in [-0.2, -0.15) is 0 Å². The van der Waals surface area contributed by atoms with E-state index in [1.165, 1.54) is 0 Å². The zero-order valence-electron chi connectivity index (χ0n) is 7.38. The number of carboxylic acid groups (broad SMARTS) is 1. The molecular formula is C7H4Cl4O4S. The first-order valence-corrected chi connectivity index (χ1v) is 7.16. The summed E-state index contributed by atoms with van der Waals surface area (Å²) in [7, 11) is 0.881. The zero-order valence-corrected chi connectivity index (χ0v) is 11.2. The van der Waals surface area contributed by atoms with Gasteiger partial charge in [0.05, 0.1) is 10.5 Å². The number of allylic oxidation sites excluding steroid dienone is 2. The first-order valence-electron chi connectivity index (χ1n) is 3.72. The lowest BCUT2D eigenvalue weighted by atomic mass is 10.1. The fourth-order valence-corrected chi connectivity index (χ4v) is 4.03. The van der Waals surface area contributed by atoms with Crippen LogP contribution in [-0.2, 0) is 13.8 Å². The van der Waals surface area contributed by atoms with E-state index in [1.807, 2.05) is 0 Å². The highest BCUT2D eigenvalue weighted by Crippen LogP contribution is 2.45. The summed E-state index contributed by atoms with van der Waals surface area (Å²) in [5.41, 5.74) is -0.391. The Hall–Kier alpha value is 0.0600. The molecule has 0 saturated heterocycles. The minimum atomic E-state index is -4.21. The summed E-state index contributed by atoms with van der Waals surface area (Å²) in [5, 5.41) is 8.61. The Morgan fingerprint density at radius 3 is 2.31 bits per heavy atom. The molecule has 0 radical (unpaired) electrons. The van der Waals surface area contributed by atoms with Crippen LogP contribution in [0.5, 0.6) is 0 Å². The normalized spacial score (nSPS) is 20.6. The molecular weight excluding hydrogens is 322 g/mol. The molecule has 0 aromatic carbocycles. The Labute approximate surface area is 111 Å². The summed E-state index contributed by atoms with van der Waals surface area (Å²) in [4.78, 5) is 10.1. The van der Waals surface area contributed by atoms with Crippen LogP contribution in [0.25, 0.3) is 0 Å². The molecule has 0 fully saturated rings. The van der Waals surface area contributed by atoms with E-state index >= 15 is 0 Å². The third-order valence-electron chi connectivity index (χ3n) is 1.80. The highest BCUT2D eigenvalue weighted by Gasteiger charge is 2.42. The van der Waals surface area contributed by atoms with Crippen molar-refractivity contribution in [1.82, 2.24) is 0 Å². The molecule has 0 atom stereocenters. The van der Waals surface area contributed by atoms with Gasteiger partial charge in [-0.1, -0.05) is 34.8 Å². The molecule has 0 saturated carbocycles. The van der Waals surface area contributed by atoms with Gasteiger partial charge >= 0.3 is 5.97 Å². The van der Waals surface area contributed by atoms with E-state index in [-0.39, 0.29) is 11.5 Å². The van der Waals surface area contributed by atoms with Crippen LogP contribution in [0.4, 0.5) is 0 Å². The quantitative estimate of drug-likeness (QED) is 0.625. The van der Waals surface area contributed by atoms with E-state index < -0.39 is 29.8 Å². The number of carboxylic acids is 1. The third kappa shape index (κ3) is 2.84. The van der Waals surface area contributed by atoms with E-state index in [9.17, 15) is 13.2 Å². The predicted octanol–water partition coefficient (Wildman–Crippen LogP) is 2.59. The van der Waals surface area contributed by atoms with Crippen LogP contribution in [-0.4, -0.2) is 23.8 Å². The molecule has 1 aliphatic rings. The molecule has 0 unspecified atom stereocenters. The van der Waals surface area contributed by atoms with Crippen molar-refractivity contribution in [2.45, 2.75) is 10.8 Å². The molecule has 0 aliphatic heterocycles. The molecule has 90 valence electrons. The van der Waals surface area contributed by atoms with Crippen LogP contribution in [0.2, 0.25) is 0 Å². The molecule has 0 aromatic rings. The smallest absolute Gasteiger partial charge is 0.336 e. The van der Waals surface area contributed by atoms with Gasteiger partial charge in [-0.15, -0.1) is 0 Å². The van der Waals surface area contributed by atoms with Crippen LogP contribution in [0.3, 0.4) is 0 Å².